The summed E-state index contributed by atoms with van der Waals surface area (Å²) in [5.74, 6) is 2.93. The van der Waals surface area contributed by atoms with Crippen molar-refractivity contribution in [2.75, 3.05) is 19.4 Å². The molecule has 0 saturated carbocycles. The van der Waals surface area contributed by atoms with Crippen LogP contribution in [0.25, 0.3) is 0 Å². The van der Waals surface area contributed by atoms with E-state index < -0.39 is 0 Å². The molecule has 1 atom stereocenters. The fourth-order valence-electron chi connectivity index (χ4n) is 3.90. The van der Waals surface area contributed by atoms with Crippen LogP contribution in [0.3, 0.4) is 0 Å². The van der Waals surface area contributed by atoms with Crippen LogP contribution in [0.1, 0.15) is 28.3 Å². The average molecular weight is 410 g/mol. The maximum atomic E-state index is 6.27. The van der Waals surface area contributed by atoms with Crippen LogP contribution < -0.4 is 15.2 Å². The molecule has 6 nitrogen and oxygen atoms in total. The lowest BCUT2D eigenvalue weighted by molar-refractivity contribution is 0.415. The van der Waals surface area contributed by atoms with Gasteiger partial charge in [0, 0.05) is 17.0 Å². The number of H-pyrrole nitrogens is 1. The quantitative estimate of drug-likeness (QED) is 0.496. The number of aliphatic imine (C=N–C) groups is 1. The smallest absolute Gasteiger partial charge is 0.149 e. The Labute approximate surface area is 180 Å². The number of ether oxygens (including phenoxy) is 2. The molecule has 4 aromatic rings. The van der Waals surface area contributed by atoms with Gasteiger partial charge in [0.25, 0.3) is 0 Å². The van der Waals surface area contributed by atoms with E-state index in [1.165, 1.54) is 0 Å². The Bertz CT molecular complexity index is 1210. The first kappa shape index (κ1) is 18.9. The van der Waals surface area contributed by atoms with E-state index in [1.54, 1.807) is 7.11 Å². The van der Waals surface area contributed by atoms with E-state index in [0.29, 0.717) is 12.4 Å². The van der Waals surface area contributed by atoms with Crippen LogP contribution in [-0.4, -0.2) is 29.6 Å². The number of nitrogens with two attached hydrogens (primary N) is 1. The largest absolute Gasteiger partial charge is 0.497 e. The number of aromatic nitrogens is 2. The predicted octanol–water partition coefficient (Wildman–Crippen LogP) is 4.78. The first-order valence-corrected chi connectivity index (χ1v) is 10.1. The van der Waals surface area contributed by atoms with Gasteiger partial charge in [-0.3, -0.25) is 10.1 Å². The van der Waals surface area contributed by atoms with Gasteiger partial charge in [-0.25, -0.2) is 0 Å². The molecule has 1 aliphatic rings. The number of nitrogens with zero attached hydrogens (tertiary/aromatic N) is 2. The van der Waals surface area contributed by atoms with Crippen LogP contribution in [0.2, 0.25) is 0 Å². The normalized spacial score (nSPS) is 15.1. The van der Waals surface area contributed by atoms with Crippen LogP contribution in [0, 0.1) is 0 Å². The van der Waals surface area contributed by atoms with Crippen LogP contribution >= 0.6 is 0 Å². The number of anilines is 1. The lowest BCUT2D eigenvalue weighted by Gasteiger charge is -2.23. The minimum Gasteiger partial charge on any atom is -0.497 e. The Kier molecular flexibility index (Phi) is 4.88. The lowest BCUT2D eigenvalue weighted by atomic mass is 9.86. The van der Waals surface area contributed by atoms with Gasteiger partial charge in [-0.15, -0.1) is 0 Å². The summed E-state index contributed by atoms with van der Waals surface area (Å²) in [7, 11) is 1.65. The van der Waals surface area contributed by atoms with Crippen LogP contribution in [0.4, 0.5) is 5.82 Å². The summed E-state index contributed by atoms with van der Waals surface area (Å²) in [6, 6.07) is 25.6. The summed E-state index contributed by atoms with van der Waals surface area (Å²) in [6.07, 6.45) is 0. The van der Waals surface area contributed by atoms with E-state index in [-0.39, 0.29) is 5.92 Å². The molecule has 0 aliphatic carbocycles. The average Bonchev–Trinajstić information content (AvgIpc) is 3.22. The third kappa shape index (κ3) is 3.64. The van der Waals surface area contributed by atoms with Gasteiger partial charge >= 0.3 is 0 Å². The van der Waals surface area contributed by atoms with E-state index in [0.717, 1.165) is 45.3 Å². The second-order valence-electron chi connectivity index (χ2n) is 7.35. The molecule has 154 valence electrons. The van der Waals surface area contributed by atoms with E-state index in [4.69, 9.17) is 20.2 Å². The van der Waals surface area contributed by atoms with Gasteiger partial charge in [-0.1, -0.05) is 30.3 Å². The maximum absolute atomic E-state index is 6.27. The van der Waals surface area contributed by atoms with Crippen molar-refractivity contribution in [3.8, 4) is 17.2 Å². The zero-order chi connectivity index (χ0) is 21.2. The van der Waals surface area contributed by atoms with Crippen molar-refractivity contribution in [2.45, 2.75) is 5.92 Å². The molecule has 0 spiro atoms. The summed E-state index contributed by atoms with van der Waals surface area (Å²) < 4.78 is 11.2. The minimum atomic E-state index is 0.0292. The third-order valence-corrected chi connectivity index (χ3v) is 5.48. The molecule has 6 heteroatoms. The van der Waals surface area contributed by atoms with Crippen LogP contribution in [0.15, 0.2) is 83.9 Å². The number of nitrogen functional groups attached to an aromatic ring is 1. The standard InChI is InChI=1S/C25H22N4O2/c1-30-18-11-9-17(10-12-18)23-24-22(25(26)29-28-24)21(15-27-23)16-7-13-20(14-8-16)31-19-5-3-2-4-6-19/h2-14,21H,15H2,1H3,(H3,26,28,29). The summed E-state index contributed by atoms with van der Waals surface area (Å²) in [4.78, 5) is 4.88. The van der Waals surface area contributed by atoms with Crippen LogP contribution in [0.5, 0.6) is 17.2 Å². The first-order valence-electron chi connectivity index (χ1n) is 10.1. The van der Waals surface area contributed by atoms with E-state index >= 15 is 0 Å². The summed E-state index contributed by atoms with van der Waals surface area (Å²) in [5, 5.41) is 7.36. The maximum Gasteiger partial charge on any atom is 0.149 e. The van der Waals surface area contributed by atoms with E-state index in [1.807, 2.05) is 66.7 Å². The Balaban J connectivity index is 1.43. The Morgan fingerprint density at radius 3 is 2.26 bits per heavy atom. The topological polar surface area (TPSA) is 85.5 Å². The Morgan fingerprint density at radius 1 is 0.871 bits per heavy atom. The zero-order valence-electron chi connectivity index (χ0n) is 17.1. The number of rotatable bonds is 5. The zero-order valence-corrected chi connectivity index (χ0v) is 17.1. The number of hydrogen-bond acceptors (Lipinski definition) is 5. The Hall–Kier alpha value is -4.06. The van der Waals surface area contributed by atoms with Crippen molar-refractivity contribution < 1.29 is 9.47 Å². The van der Waals surface area contributed by atoms with Gasteiger partial charge in [0.15, 0.2) is 0 Å². The second-order valence-corrected chi connectivity index (χ2v) is 7.35. The molecular weight excluding hydrogens is 388 g/mol. The van der Waals surface area contributed by atoms with Crippen molar-refractivity contribution in [1.82, 2.24) is 10.2 Å². The summed E-state index contributed by atoms with van der Waals surface area (Å²) in [5.41, 5.74) is 11.1. The fraction of sp³-hybridized carbons (Fsp3) is 0.120. The number of para-hydroxylation sites is 1. The minimum absolute atomic E-state index is 0.0292. The SMILES string of the molecule is COc1ccc(C2=NCC(c3ccc(Oc4ccccc4)cc3)c3c(N)n[nH]c32)cc1. The van der Waals surface area contributed by atoms with Gasteiger partial charge in [-0.2, -0.15) is 5.10 Å². The van der Waals surface area contributed by atoms with E-state index in [9.17, 15) is 0 Å². The number of benzene rings is 3. The number of aromatic amines is 1. The molecule has 0 bridgehead atoms. The molecular formula is C25H22N4O2. The highest BCUT2D eigenvalue weighted by molar-refractivity contribution is 6.14. The number of hydrogen-bond donors (Lipinski definition) is 2. The molecule has 1 aromatic heterocycles. The van der Waals surface area contributed by atoms with Crippen LogP contribution in [-0.2, 0) is 0 Å². The van der Waals surface area contributed by atoms with Crippen molar-refractivity contribution in [1.29, 1.82) is 0 Å². The van der Waals surface area contributed by atoms with Crippen molar-refractivity contribution >= 4 is 11.5 Å². The van der Waals surface area contributed by atoms with Crippen molar-refractivity contribution in [3.63, 3.8) is 0 Å². The van der Waals surface area contributed by atoms with Gasteiger partial charge < -0.3 is 15.2 Å². The van der Waals surface area contributed by atoms with Gasteiger partial charge in [-0.05, 0) is 54.1 Å². The van der Waals surface area contributed by atoms with Gasteiger partial charge in [0.05, 0.1) is 25.1 Å². The molecule has 0 amide bonds. The van der Waals surface area contributed by atoms with Gasteiger partial charge in [0.2, 0.25) is 0 Å². The molecule has 3 N–H and O–H groups in total. The monoisotopic (exact) mass is 410 g/mol. The number of fused-ring (bicyclic) bond motifs is 1. The number of methoxy groups -OCH3 is 1. The highest BCUT2D eigenvalue weighted by Gasteiger charge is 2.29. The highest BCUT2D eigenvalue weighted by atomic mass is 16.5. The third-order valence-electron chi connectivity index (χ3n) is 5.48. The highest BCUT2D eigenvalue weighted by Crippen LogP contribution is 2.36. The molecule has 0 radical (unpaired) electrons. The molecule has 31 heavy (non-hydrogen) atoms. The molecule has 1 unspecified atom stereocenters. The number of nitrogens with one attached hydrogen (secondary N) is 1. The van der Waals surface area contributed by atoms with Gasteiger partial charge in [0.1, 0.15) is 23.1 Å². The summed E-state index contributed by atoms with van der Waals surface area (Å²) >= 11 is 0. The molecule has 3 aromatic carbocycles. The molecule has 0 saturated heterocycles. The predicted molar refractivity (Wildman–Crippen MR) is 121 cm³/mol. The molecule has 2 heterocycles. The lowest BCUT2D eigenvalue weighted by Crippen LogP contribution is -2.19. The summed E-state index contributed by atoms with van der Waals surface area (Å²) in [6.45, 7) is 0.594. The first-order chi connectivity index (χ1) is 15.2. The van der Waals surface area contributed by atoms with Crippen molar-refractivity contribution in [3.05, 3.63) is 101 Å². The molecule has 0 fully saturated rings. The molecule has 5 rings (SSSR count). The van der Waals surface area contributed by atoms with Crippen molar-refractivity contribution in [2.24, 2.45) is 4.99 Å². The fourth-order valence-corrected chi connectivity index (χ4v) is 3.90. The Morgan fingerprint density at radius 2 is 1.55 bits per heavy atom. The molecule has 1 aliphatic heterocycles. The van der Waals surface area contributed by atoms with E-state index in [2.05, 4.69) is 22.3 Å². The second kappa shape index (κ2) is 7.99.